The maximum atomic E-state index is 14.8. The van der Waals surface area contributed by atoms with Crippen LogP contribution < -0.4 is 20.3 Å². The quantitative estimate of drug-likeness (QED) is 0.408. The summed E-state index contributed by atoms with van der Waals surface area (Å²) in [4.78, 5) is 18.0. The van der Waals surface area contributed by atoms with Crippen molar-refractivity contribution in [1.82, 2.24) is 19.2 Å². The normalized spacial score (nSPS) is 21.4. The van der Waals surface area contributed by atoms with Crippen LogP contribution in [0.1, 0.15) is 50.6 Å². The molecular weight excluding hydrogens is 491 g/mol. The van der Waals surface area contributed by atoms with E-state index in [9.17, 15) is 14.4 Å². The van der Waals surface area contributed by atoms with Crippen molar-refractivity contribution in [3.63, 3.8) is 0 Å². The molecule has 1 aliphatic carbocycles. The number of fused-ring (bicyclic) bond motifs is 1. The highest BCUT2D eigenvalue weighted by molar-refractivity contribution is 7.98. The van der Waals surface area contributed by atoms with E-state index < -0.39 is 5.82 Å². The second kappa shape index (κ2) is 10.7. The first kappa shape index (κ1) is 25.5. The Morgan fingerprint density at radius 2 is 2.14 bits per heavy atom. The van der Waals surface area contributed by atoms with Gasteiger partial charge in [-0.25, -0.2) is 13.7 Å². The second-order valence-corrected chi connectivity index (χ2v) is 11.0. The number of anilines is 1. The first-order chi connectivity index (χ1) is 17.9. The molecule has 1 saturated carbocycles. The summed E-state index contributed by atoms with van der Waals surface area (Å²) >= 11 is 1.30. The minimum absolute atomic E-state index is 0.0539. The number of ether oxygens (including phenoxy) is 1. The summed E-state index contributed by atoms with van der Waals surface area (Å²) in [7, 11) is 1.90. The van der Waals surface area contributed by atoms with Gasteiger partial charge in [0.2, 0.25) is 0 Å². The number of nitrogens with zero attached hydrogens (tertiary/aromatic N) is 4. The zero-order valence-corrected chi connectivity index (χ0v) is 21.9. The molecule has 1 aliphatic heterocycles. The molecule has 1 spiro atoms. The average Bonchev–Trinajstić information content (AvgIpc) is 3.37. The third kappa shape index (κ3) is 5.17. The van der Waals surface area contributed by atoms with E-state index in [0.717, 1.165) is 45.3 Å². The van der Waals surface area contributed by atoms with Gasteiger partial charge < -0.3 is 14.8 Å². The molecule has 0 amide bonds. The molecule has 8 nitrogen and oxygen atoms in total. The first-order valence-electron chi connectivity index (χ1n) is 12.7. The number of hydrogen-bond acceptors (Lipinski definition) is 8. The molecule has 3 aromatic rings. The highest BCUT2D eigenvalue weighted by Crippen LogP contribution is 2.44. The molecule has 37 heavy (non-hydrogen) atoms. The van der Waals surface area contributed by atoms with Gasteiger partial charge in [0.05, 0.1) is 22.9 Å². The fourth-order valence-electron chi connectivity index (χ4n) is 5.32. The van der Waals surface area contributed by atoms with E-state index in [2.05, 4.69) is 15.0 Å². The zero-order valence-electron chi connectivity index (χ0n) is 21.1. The van der Waals surface area contributed by atoms with Crippen LogP contribution >= 0.6 is 12.1 Å². The van der Waals surface area contributed by atoms with Crippen LogP contribution in [0.4, 0.5) is 10.1 Å². The van der Waals surface area contributed by atoms with Gasteiger partial charge in [-0.1, -0.05) is 6.92 Å². The van der Waals surface area contributed by atoms with Gasteiger partial charge in [0.15, 0.2) is 11.6 Å². The Balaban J connectivity index is 1.41. The van der Waals surface area contributed by atoms with E-state index in [1.165, 1.54) is 30.7 Å². The number of nitrogens with one attached hydrogen (secondary N) is 2. The van der Waals surface area contributed by atoms with Crippen molar-refractivity contribution in [1.29, 1.82) is 5.26 Å². The molecule has 2 aliphatic rings. The molecule has 10 heteroatoms. The molecule has 1 saturated heterocycles. The Bertz CT molecular complexity index is 1390. The van der Waals surface area contributed by atoms with Crippen LogP contribution in [0.2, 0.25) is 0 Å². The number of aromatic nitrogens is 2. The molecule has 2 aromatic carbocycles. The fourth-order valence-corrected chi connectivity index (χ4v) is 5.87. The highest BCUT2D eigenvalue weighted by atomic mass is 32.2. The SMILES string of the molecule is CCN(C)SNc1ccc(F)c(Oc2ccc3ncn(C4CCC5(CCNC5)CC4)c(=O)c3c2)c1C#N. The Hall–Kier alpha value is -3.13. The number of rotatable bonds is 7. The molecule has 0 bridgehead atoms. The lowest BCUT2D eigenvalue weighted by Crippen LogP contribution is -2.34. The molecule has 1 aromatic heterocycles. The standard InChI is InChI=1S/C27H31FN6O2S/c1-3-33(2)37-32-24-7-5-22(28)25(21(24)15-29)36-19-4-6-23-20(14-19)26(35)34(17-31-23)18-8-10-27(11-9-18)12-13-30-16-27/h4-7,14,17-18,30,32H,3,8-13,16H2,1-2H3. The van der Waals surface area contributed by atoms with Crippen LogP contribution in [0.5, 0.6) is 11.5 Å². The Labute approximate surface area is 220 Å². The fraction of sp³-hybridized carbons (Fsp3) is 0.444. The van der Waals surface area contributed by atoms with E-state index in [1.807, 2.05) is 24.3 Å². The Kier molecular flexibility index (Phi) is 7.38. The van der Waals surface area contributed by atoms with Crippen molar-refractivity contribution in [2.45, 2.75) is 45.1 Å². The van der Waals surface area contributed by atoms with Crippen molar-refractivity contribution >= 4 is 28.7 Å². The monoisotopic (exact) mass is 522 g/mol. The Morgan fingerprint density at radius 1 is 1.32 bits per heavy atom. The van der Waals surface area contributed by atoms with Crippen LogP contribution in [0.25, 0.3) is 10.9 Å². The molecular formula is C27H31FN6O2S. The third-order valence-corrected chi connectivity index (χ3v) is 8.57. The van der Waals surface area contributed by atoms with Crippen LogP contribution in [0, 0.1) is 22.6 Å². The van der Waals surface area contributed by atoms with Crippen LogP contribution in [0.3, 0.4) is 0 Å². The molecule has 2 heterocycles. The van der Waals surface area contributed by atoms with Gasteiger partial charge in [0, 0.05) is 31.3 Å². The van der Waals surface area contributed by atoms with Gasteiger partial charge in [0.1, 0.15) is 17.4 Å². The third-order valence-electron chi connectivity index (χ3n) is 7.69. The molecule has 5 rings (SSSR count). The van der Waals surface area contributed by atoms with Gasteiger partial charge in [-0.2, -0.15) is 5.26 Å². The van der Waals surface area contributed by atoms with Crippen molar-refractivity contribution in [3.8, 4) is 17.6 Å². The topological polar surface area (TPSA) is 95.2 Å². The van der Waals surface area contributed by atoms with Gasteiger partial charge in [-0.05, 0) is 81.4 Å². The van der Waals surface area contributed by atoms with Gasteiger partial charge in [-0.3, -0.25) is 9.36 Å². The lowest BCUT2D eigenvalue weighted by molar-refractivity contribution is 0.170. The lowest BCUT2D eigenvalue weighted by Gasteiger charge is -2.37. The number of halogens is 1. The summed E-state index contributed by atoms with van der Waals surface area (Å²) in [6, 6.07) is 9.85. The first-order valence-corrected chi connectivity index (χ1v) is 13.5. The highest BCUT2D eigenvalue weighted by Gasteiger charge is 2.38. The summed E-state index contributed by atoms with van der Waals surface area (Å²) in [5, 5.41) is 13.7. The number of benzene rings is 2. The van der Waals surface area contributed by atoms with E-state index >= 15 is 0 Å². The Morgan fingerprint density at radius 3 is 2.84 bits per heavy atom. The van der Waals surface area contributed by atoms with Gasteiger partial charge in [0.25, 0.3) is 5.56 Å². The summed E-state index contributed by atoms with van der Waals surface area (Å²) in [5.74, 6) is -0.564. The summed E-state index contributed by atoms with van der Waals surface area (Å²) in [6.07, 6.45) is 6.96. The van der Waals surface area contributed by atoms with E-state index in [0.29, 0.717) is 22.0 Å². The van der Waals surface area contributed by atoms with Gasteiger partial charge in [-0.15, -0.1) is 0 Å². The van der Waals surface area contributed by atoms with E-state index in [-0.39, 0.29) is 28.7 Å². The summed E-state index contributed by atoms with van der Waals surface area (Å²) in [6.45, 7) is 4.93. The summed E-state index contributed by atoms with van der Waals surface area (Å²) in [5.41, 5.74) is 1.30. The molecule has 2 N–H and O–H groups in total. The minimum atomic E-state index is -0.655. The molecule has 194 valence electrons. The van der Waals surface area contributed by atoms with Crippen LogP contribution in [0.15, 0.2) is 41.5 Å². The van der Waals surface area contributed by atoms with Crippen molar-refractivity contribution in [3.05, 3.63) is 58.4 Å². The smallest absolute Gasteiger partial charge is 0.261 e. The maximum absolute atomic E-state index is 14.8. The van der Waals surface area contributed by atoms with Crippen molar-refractivity contribution in [2.75, 3.05) is 31.4 Å². The summed E-state index contributed by atoms with van der Waals surface area (Å²) < 4.78 is 27.4. The molecule has 0 atom stereocenters. The predicted molar refractivity (Wildman–Crippen MR) is 144 cm³/mol. The van der Waals surface area contributed by atoms with Crippen LogP contribution in [-0.4, -0.2) is 40.5 Å². The van der Waals surface area contributed by atoms with Gasteiger partial charge >= 0.3 is 0 Å². The maximum Gasteiger partial charge on any atom is 0.261 e. The van der Waals surface area contributed by atoms with E-state index in [4.69, 9.17) is 4.74 Å². The largest absolute Gasteiger partial charge is 0.453 e. The number of hydrogen-bond donors (Lipinski definition) is 2. The minimum Gasteiger partial charge on any atom is -0.453 e. The average molecular weight is 523 g/mol. The van der Waals surface area contributed by atoms with Crippen molar-refractivity contribution in [2.24, 2.45) is 5.41 Å². The second-order valence-electron chi connectivity index (χ2n) is 9.94. The van der Waals surface area contributed by atoms with Crippen LogP contribution in [-0.2, 0) is 0 Å². The van der Waals surface area contributed by atoms with Crippen molar-refractivity contribution < 1.29 is 9.13 Å². The van der Waals surface area contributed by atoms with E-state index in [1.54, 1.807) is 29.1 Å². The predicted octanol–water partition coefficient (Wildman–Crippen LogP) is 5.22. The molecule has 0 radical (unpaired) electrons. The molecule has 2 fully saturated rings. The molecule has 0 unspecified atom stereocenters. The zero-order chi connectivity index (χ0) is 26.0. The lowest BCUT2D eigenvalue weighted by atomic mass is 9.72. The number of nitriles is 1.